The topological polar surface area (TPSA) is 68.0 Å². The summed E-state index contributed by atoms with van der Waals surface area (Å²) in [6.45, 7) is 0. The zero-order valence-electron chi connectivity index (χ0n) is 11.0. The summed E-state index contributed by atoms with van der Waals surface area (Å²) in [6.07, 6.45) is 1.73. The highest BCUT2D eigenvalue weighted by Crippen LogP contribution is 2.23. The quantitative estimate of drug-likeness (QED) is 0.696. The molecule has 0 saturated heterocycles. The Hall–Kier alpha value is -2.40. The molecule has 0 saturated carbocycles. The second kappa shape index (κ2) is 5.54. The third-order valence-electron chi connectivity index (χ3n) is 3.12. The second-order valence-corrected chi connectivity index (χ2v) is 5.46. The molecule has 3 rings (SSSR count). The Morgan fingerprint density at radius 3 is 2.81 bits per heavy atom. The average Bonchev–Trinajstić information content (AvgIpc) is 2.50. The normalized spacial score (nSPS) is 10.5. The van der Waals surface area contributed by atoms with Gasteiger partial charge in [0.15, 0.2) is 0 Å². The van der Waals surface area contributed by atoms with Crippen molar-refractivity contribution in [3.05, 3.63) is 64.8 Å². The number of nitrogen functional groups attached to an aromatic ring is 1. The van der Waals surface area contributed by atoms with Crippen molar-refractivity contribution >= 4 is 44.1 Å². The number of rotatable bonds is 2. The highest BCUT2D eigenvalue weighted by Gasteiger charge is 2.08. The number of nitrogens with zero attached hydrogens (tertiary/aromatic N) is 1. The van der Waals surface area contributed by atoms with Gasteiger partial charge in [-0.1, -0.05) is 6.07 Å². The van der Waals surface area contributed by atoms with Gasteiger partial charge in [0.2, 0.25) is 0 Å². The van der Waals surface area contributed by atoms with E-state index in [0.29, 0.717) is 16.9 Å². The Balaban J connectivity index is 1.87. The Labute approximate surface area is 130 Å². The lowest BCUT2D eigenvalue weighted by molar-refractivity contribution is 0.102. The molecule has 5 heteroatoms. The molecule has 1 amide bonds. The molecule has 0 fully saturated rings. The van der Waals surface area contributed by atoms with Crippen LogP contribution in [0.4, 0.5) is 11.4 Å². The molecule has 1 heterocycles. The highest BCUT2D eigenvalue weighted by molar-refractivity contribution is 9.10. The van der Waals surface area contributed by atoms with Gasteiger partial charge in [0.05, 0.1) is 5.52 Å². The minimum Gasteiger partial charge on any atom is -0.398 e. The maximum Gasteiger partial charge on any atom is 0.255 e. The summed E-state index contributed by atoms with van der Waals surface area (Å²) in [5, 5.41) is 3.76. The van der Waals surface area contributed by atoms with E-state index in [1.807, 2.05) is 24.3 Å². The molecular formula is C16H12BrN3O. The Morgan fingerprint density at radius 1 is 1.14 bits per heavy atom. The number of aromatic nitrogens is 1. The number of benzene rings is 2. The van der Waals surface area contributed by atoms with Crippen molar-refractivity contribution in [2.75, 3.05) is 11.1 Å². The van der Waals surface area contributed by atoms with Crippen LogP contribution in [0.5, 0.6) is 0 Å². The molecule has 0 bridgehead atoms. The molecule has 0 atom stereocenters. The van der Waals surface area contributed by atoms with Gasteiger partial charge in [-0.15, -0.1) is 0 Å². The monoisotopic (exact) mass is 341 g/mol. The van der Waals surface area contributed by atoms with Crippen molar-refractivity contribution in [2.24, 2.45) is 0 Å². The molecule has 0 aliphatic carbocycles. The molecule has 3 N–H and O–H groups in total. The van der Waals surface area contributed by atoms with Gasteiger partial charge in [0, 0.05) is 33.0 Å². The number of carbonyl (C=O) groups excluding carboxylic acids is 1. The third kappa shape index (κ3) is 2.87. The van der Waals surface area contributed by atoms with Crippen LogP contribution in [0.15, 0.2) is 59.2 Å². The van der Waals surface area contributed by atoms with Gasteiger partial charge >= 0.3 is 0 Å². The summed E-state index contributed by atoms with van der Waals surface area (Å²) < 4.78 is 0.803. The Morgan fingerprint density at radius 2 is 2.00 bits per heavy atom. The molecular weight excluding hydrogens is 330 g/mol. The van der Waals surface area contributed by atoms with Crippen LogP contribution >= 0.6 is 15.9 Å². The molecule has 1 aromatic heterocycles. The van der Waals surface area contributed by atoms with Gasteiger partial charge in [0.1, 0.15) is 0 Å². The van der Waals surface area contributed by atoms with Crippen LogP contribution in [0.3, 0.4) is 0 Å². The standard InChI is InChI=1S/C16H12BrN3O/c17-13-5-4-12(9-14(13)18)20-16(21)11-3-6-15-10(8-11)2-1-7-19-15/h1-9H,18H2,(H,20,21). The summed E-state index contributed by atoms with van der Waals surface area (Å²) >= 11 is 3.32. The van der Waals surface area contributed by atoms with Crippen LogP contribution < -0.4 is 11.1 Å². The smallest absolute Gasteiger partial charge is 0.255 e. The number of halogens is 1. The molecule has 0 spiro atoms. The SMILES string of the molecule is Nc1cc(NC(=O)c2ccc3ncccc3c2)ccc1Br. The molecule has 2 aromatic carbocycles. The summed E-state index contributed by atoms with van der Waals surface area (Å²) in [4.78, 5) is 16.5. The predicted molar refractivity (Wildman–Crippen MR) is 88.3 cm³/mol. The van der Waals surface area contributed by atoms with Gasteiger partial charge in [-0.25, -0.2) is 0 Å². The molecule has 0 aliphatic heterocycles. The van der Waals surface area contributed by atoms with E-state index >= 15 is 0 Å². The van der Waals surface area contributed by atoms with Crippen molar-refractivity contribution in [2.45, 2.75) is 0 Å². The van der Waals surface area contributed by atoms with Crippen LogP contribution in [0.2, 0.25) is 0 Å². The van der Waals surface area contributed by atoms with Crippen molar-refractivity contribution in [1.82, 2.24) is 4.98 Å². The van der Waals surface area contributed by atoms with E-state index in [4.69, 9.17) is 5.73 Å². The minimum absolute atomic E-state index is 0.178. The first-order valence-corrected chi connectivity index (χ1v) is 7.14. The molecule has 0 radical (unpaired) electrons. The van der Waals surface area contributed by atoms with Crippen LogP contribution in [-0.4, -0.2) is 10.9 Å². The maximum atomic E-state index is 12.3. The van der Waals surface area contributed by atoms with Crippen molar-refractivity contribution in [3.63, 3.8) is 0 Å². The number of hydrogen-bond acceptors (Lipinski definition) is 3. The summed E-state index contributed by atoms with van der Waals surface area (Å²) in [6, 6.07) is 14.5. The lowest BCUT2D eigenvalue weighted by atomic mass is 10.1. The van der Waals surface area contributed by atoms with Gasteiger partial charge < -0.3 is 11.1 Å². The molecule has 21 heavy (non-hydrogen) atoms. The van der Waals surface area contributed by atoms with Gasteiger partial charge in [-0.2, -0.15) is 0 Å². The minimum atomic E-state index is -0.178. The summed E-state index contributed by atoms with van der Waals surface area (Å²) in [5.41, 5.74) is 8.48. The van der Waals surface area contributed by atoms with Crippen LogP contribution in [0, 0.1) is 0 Å². The maximum absolute atomic E-state index is 12.3. The van der Waals surface area contributed by atoms with Crippen molar-refractivity contribution in [3.8, 4) is 0 Å². The number of anilines is 2. The Kier molecular flexibility index (Phi) is 3.58. The molecule has 0 aliphatic rings. The number of fused-ring (bicyclic) bond motifs is 1. The van der Waals surface area contributed by atoms with E-state index in [-0.39, 0.29) is 5.91 Å². The first kappa shape index (κ1) is 13.6. The van der Waals surface area contributed by atoms with Crippen LogP contribution in [0.25, 0.3) is 10.9 Å². The van der Waals surface area contributed by atoms with E-state index < -0.39 is 0 Å². The first-order chi connectivity index (χ1) is 10.1. The van der Waals surface area contributed by atoms with Gasteiger partial charge in [-0.3, -0.25) is 9.78 Å². The third-order valence-corrected chi connectivity index (χ3v) is 3.84. The van der Waals surface area contributed by atoms with Crippen molar-refractivity contribution < 1.29 is 4.79 Å². The van der Waals surface area contributed by atoms with E-state index in [0.717, 1.165) is 15.4 Å². The second-order valence-electron chi connectivity index (χ2n) is 4.60. The average molecular weight is 342 g/mol. The van der Waals surface area contributed by atoms with E-state index in [1.165, 1.54) is 0 Å². The number of carbonyl (C=O) groups is 1. The zero-order chi connectivity index (χ0) is 14.8. The van der Waals surface area contributed by atoms with E-state index in [2.05, 4.69) is 26.2 Å². The molecule has 104 valence electrons. The van der Waals surface area contributed by atoms with Crippen LogP contribution in [-0.2, 0) is 0 Å². The zero-order valence-corrected chi connectivity index (χ0v) is 12.6. The summed E-state index contributed by atoms with van der Waals surface area (Å²) in [5.74, 6) is -0.178. The molecule has 3 aromatic rings. The fraction of sp³-hybridized carbons (Fsp3) is 0. The lowest BCUT2D eigenvalue weighted by Crippen LogP contribution is -2.12. The number of pyridine rings is 1. The van der Waals surface area contributed by atoms with Gasteiger partial charge in [0.25, 0.3) is 5.91 Å². The fourth-order valence-electron chi connectivity index (χ4n) is 2.04. The fourth-order valence-corrected chi connectivity index (χ4v) is 2.29. The van der Waals surface area contributed by atoms with E-state index in [1.54, 1.807) is 30.5 Å². The lowest BCUT2D eigenvalue weighted by Gasteiger charge is -2.07. The first-order valence-electron chi connectivity index (χ1n) is 6.34. The summed E-state index contributed by atoms with van der Waals surface area (Å²) in [7, 11) is 0. The number of hydrogen-bond donors (Lipinski definition) is 2. The number of amides is 1. The van der Waals surface area contributed by atoms with Crippen LogP contribution in [0.1, 0.15) is 10.4 Å². The molecule has 0 unspecified atom stereocenters. The van der Waals surface area contributed by atoms with Gasteiger partial charge in [-0.05, 0) is 58.4 Å². The number of nitrogens with two attached hydrogens (primary N) is 1. The largest absolute Gasteiger partial charge is 0.398 e. The predicted octanol–water partition coefficient (Wildman–Crippen LogP) is 3.83. The van der Waals surface area contributed by atoms with E-state index in [9.17, 15) is 4.79 Å². The van der Waals surface area contributed by atoms with Crippen molar-refractivity contribution in [1.29, 1.82) is 0 Å². The number of nitrogens with one attached hydrogen (secondary N) is 1. The highest BCUT2D eigenvalue weighted by atomic mass is 79.9. The Bertz CT molecular complexity index is 833. The molecule has 4 nitrogen and oxygen atoms in total.